The van der Waals surface area contributed by atoms with Gasteiger partial charge >= 0.3 is 6.03 Å². The predicted octanol–water partition coefficient (Wildman–Crippen LogP) is 4.58. The molecule has 0 aliphatic carbocycles. The summed E-state index contributed by atoms with van der Waals surface area (Å²) in [5.74, 6) is 1.79. The number of carbonyl (C=O) groups excluding carboxylic acids is 1. The smallest absolute Gasteiger partial charge is 0.322 e. The Hall–Kier alpha value is -2.77. The highest BCUT2D eigenvalue weighted by molar-refractivity contribution is 5.89. The Kier molecular flexibility index (Phi) is 9.39. The first kappa shape index (κ1) is 24.9. The van der Waals surface area contributed by atoms with Gasteiger partial charge in [-0.3, -0.25) is 4.90 Å². The lowest BCUT2D eigenvalue weighted by Crippen LogP contribution is -2.40. The Bertz CT molecular complexity index is 880. The molecule has 1 fully saturated rings. The minimum atomic E-state index is -0.107. The highest BCUT2D eigenvalue weighted by atomic mass is 16.5. The Morgan fingerprint density at radius 2 is 1.76 bits per heavy atom. The molecule has 0 atom stereocenters. The zero-order chi connectivity index (χ0) is 23.6. The highest BCUT2D eigenvalue weighted by Gasteiger charge is 2.17. The molecule has 180 valence electrons. The third-order valence-electron chi connectivity index (χ3n) is 5.94. The summed E-state index contributed by atoms with van der Waals surface area (Å²) in [6, 6.07) is 13.7. The van der Waals surface area contributed by atoms with Crippen molar-refractivity contribution in [1.29, 1.82) is 0 Å². The van der Waals surface area contributed by atoms with Gasteiger partial charge < -0.3 is 24.4 Å². The number of morpholine rings is 1. The first-order valence-electron chi connectivity index (χ1n) is 11.7. The van der Waals surface area contributed by atoms with Crippen molar-refractivity contribution < 1.29 is 19.0 Å². The Labute approximate surface area is 197 Å². The Morgan fingerprint density at radius 1 is 1.06 bits per heavy atom. The van der Waals surface area contributed by atoms with Gasteiger partial charge in [-0.2, -0.15) is 0 Å². The molecule has 0 radical (unpaired) electrons. The number of nitrogens with one attached hydrogen (secondary N) is 1. The number of hydrogen-bond acceptors (Lipinski definition) is 5. The molecular formula is C26H37N3O4. The fourth-order valence-electron chi connectivity index (χ4n) is 3.92. The SMILES string of the molecule is COc1ccc(CN(CCCN2CCOCC2)C(=O)Nc2ccc(C(C)C)cc2)cc1OC. The maximum absolute atomic E-state index is 13.2. The van der Waals surface area contributed by atoms with Crippen molar-refractivity contribution in [3.8, 4) is 11.5 Å². The molecule has 1 aliphatic rings. The van der Waals surface area contributed by atoms with Crippen LogP contribution >= 0.6 is 0 Å². The number of ether oxygens (including phenoxy) is 3. The van der Waals surface area contributed by atoms with Gasteiger partial charge in [0.25, 0.3) is 0 Å². The van der Waals surface area contributed by atoms with Gasteiger partial charge in [-0.25, -0.2) is 4.79 Å². The van der Waals surface area contributed by atoms with Crippen LogP contribution in [0, 0.1) is 0 Å². The lowest BCUT2D eigenvalue weighted by molar-refractivity contribution is 0.0365. The number of benzene rings is 2. The van der Waals surface area contributed by atoms with E-state index in [1.165, 1.54) is 5.56 Å². The van der Waals surface area contributed by atoms with Crippen LogP contribution in [0.5, 0.6) is 11.5 Å². The van der Waals surface area contributed by atoms with Crippen molar-refractivity contribution in [3.63, 3.8) is 0 Å². The van der Waals surface area contributed by atoms with E-state index in [1.807, 2.05) is 35.2 Å². The zero-order valence-corrected chi connectivity index (χ0v) is 20.3. The lowest BCUT2D eigenvalue weighted by Gasteiger charge is -2.28. The van der Waals surface area contributed by atoms with Gasteiger partial charge in [0.05, 0.1) is 27.4 Å². The van der Waals surface area contributed by atoms with E-state index in [2.05, 4.69) is 36.2 Å². The van der Waals surface area contributed by atoms with E-state index in [0.717, 1.165) is 50.5 Å². The molecule has 1 aliphatic heterocycles. The molecule has 1 saturated heterocycles. The van der Waals surface area contributed by atoms with Gasteiger partial charge in [0.15, 0.2) is 11.5 Å². The number of anilines is 1. The molecule has 0 saturated carbocycles. The molecule has 7 heteroatoms. The normalized spacial score (nSPS) is 14.2. The van der Waals surface area contributed by atoms with Gasteiger partial charge in [0, 0.05) is 38.4 Å². The first-order valence-corrected chi connectivity index (χ1v) is 11.7. The van der Waals surface area contributed by atoms with Crippen LogP contribution in [0.15, 0.2) is 42.5 Å². The number of rotatable bonds is 10. The van der Waals surface area contributed by atoms with Gasteiger partial charge in [0.1, 0.15) is 0 Å². The maximum Gasteiger partial charge on any atom is 0.322 e. The van der Waals surface area contributed by atoms with Gasteiger partial charge in [0.2, 0.25) is 0 Å². The summed E-state index contributed by atoms with van der Waals surface area (Å²) in [5.41, 5.74) is 3.04. The zero-order valence-electron chi connectivity index (χ0n) is 20.3. The molecule has 0 bridgehead atoms. The molecule has 2 amide bonds. The number of nitrogens with zero attached hydrogens (tertiary/aromatic N) is 2. The van der Waals surface area contributed by atoms with E-state index in [0.29, 0.717) is 30.5 Å². The predicted molar refractivity (Wildman–Crippen MR) is 131 cm³/mol. The molecule has 3 rings (SSSR count). The quantitative estimate of drug-likeness (QED) is 0.568. The van der Waals surface area contributed by atoms with E-state index in [1.54, 1.807) is 14.2 Å². The molecular weight excluding hydrogens is 418 g/mol. The molecule has 2 aromatic carbocycles. The van der Waals surface area contributed by atoms with E-state index in [9.17, 15) is 4.79 Å². The van der Waals surface area contributed by atoms with Crippen molar-refractivity contribution in [2.75, 3.05) is 58.9 Å². The molecule has 7 nitrogen and oxygen atoms in total. The largest absolute Gasteiger partial charge is 0.493 e. The van der Waals surface area contributed by atoms with Crippen molar-refractivity contribution in [3.05, 3.63) is 53.6 Å². The van der Waals surface area contributed by atoms with Gasteiger partial charge in [-0.1, -0.05) is 32.0 Å². The van der Waals surface area contributed by atoms with Crippen LogP contribution in [0.3, 0.4) is 0 Å². The summed E-state index contributed by atoms with van der Waals surface area (Å²) in [6.45, 7) is 9.86. The summed E-state index contributed by atoms with van der Waals surface area (Å²) in [6.07, 6.45) is 0.896. The number of amides is 2. The Balaban J connectivity index is 1.68. The summed E-state index contributed by atoms with van der Waals surface area (Å²) in [5, 5.41) is 3.07. The second-order valence-corrected chi connectivity index (χ2v) is 8.63. The van der Waals surface area contributed by atoms with Crippen LogP contribution in [0.2, 0.25) is 0 Å². The fourth-order valence-corrected chi connectivity index (χ4v) is 3.92. The average Bonchev–Trinajstić information content (AvgIpc) is 2.84. The van der Waals surface area contributed by atoms with Crippen LogP contribution in [0.4, 0.5) is 10.5 Å². The van der Waals surface area contributed by atoms with Gasteiger partial charge in [-0.05, 0) is 47.7 Å². The van der Waals surface area contributed by atoms with Crippen LogP contribution in [-0.2, 0) is 11.3 Å². The standard InChI is InChI=1S/C26H37N3O4/c1-20(2)22-7-9-23(10-8-22)27-26(30)29(13-5-12-28-14-16-33-17-15-28)19-21-6-11-24(31-3)25(18-21)32-4/h6-11,18,20H,5,12-17,19H2,1-4H3,(H,27,30). The van der Waals surface area contributed by atoms with Crippen LogP contribution in [0.1, 0.15) is 37.3 Å². The minimum absolute atomic E-state index is 0.107. The van der Waals surface area contributed by atoms with Crippen molar-refractivity contribution in [2.24, 2.45) is 0 Å². The second kappa shape index (κ2) is 12.5. The molecule has 2 aromatic rings. The molecule has 0 spiro atoms. The maximum atomic E-state index is 13.2. The van der Waals surface area contributed by atoms with E-state index < -0.39 is 0 Å². The third kappa shape index (κ3) is 7.37. The van der Waals surface area contributed by atoms with Crippen molar-refractivity contribution in [1.82, 2.24) is 9.80 Å². The summed E-state index contributed by atoms with van der Waals surface area (Å²) >= 11 is 0. The number of carbonyl (C=O) groups is 1. The van der Waals surface area contributed by atoms with E-state index in [-0.39, 0.29) is 6.03 Å². The van der Waals surface area contributed by atoms with Crippen molar-refractivity contribution in [2.45, 2.75) is 32.7 Å². The van der Waals surface area contributed by atoms with Crippen LogP contribution in [0.25, 0.3) is 0 Å². The first-order chi connectivity index (χ1) is 16.0. The monoisotopic (exact) mass is 455 g/mol. The second-order valence-electron chi connectivity index (χ2n) is 8.63. The van der Waals surface area contributed by atoms with Crippen LogP contribution in [-0.4, -0.2) is 69.4 Å². The fraction of sp³-hybridized carbons (Fsp3) is 0.500. The van der Waals surface area contributed by atoms with Gasteiger partial charge in [-0.15, -0.1) is 0 Å². The number of methoxy groups -OCH3 is 2. The molecule has 0 unspecified atom stereocenters. The minimum Gasteiger partial charge on any atom is -0.493 e. The summed E-state index contributed by atoms with van der Waals surface area (Å²) < 4.78 is 16.2. The molecule has 1 N–H and O–H groups in total. The summed E-state index contributed by atoms with van der Waals surface area (Å²) in [4.78, 5) is 17.5. The topological polar surface area (TPSA) is 63.3 Å². The van der Waals surface area contributed by atoms with E-state index in [4.69, 9.17) is 14.2 Å². The molecule has 33 heavy (non-hydrogen) atoms. The lowest BCUT2D eigenvalue weighted by atomic mass is 10.0. The highest BCUT2D eigenvalue weighted by Crippen LogP contribution is 2.28. The number of urea groups is 1. The molecule has 0 aromatic heterocycles. The Morgan fingerprint density at radius 3 is 2.39 bits per heavy atom. The molecule has 1 heterocycles. The summed E-state index contributed by atoms with van der Waals surface area (Å²) in [7, 11) is 3.24. The van der Waals surface area contributed by atoms with Crippen LogP contribution < -0.4 is 14.8 Å². The number of hydrogen-bond donors (Lipinski definition) is 1. The van der Waals surface area contributed by atoms with E-state index >= 15 is 0 Å². The van der Waals surface area contributed by atoms with Crippen molar-refractivity contribution >= 4 is 11.7 Å². The third-order valence-corrected chi connectivity index (χ3v) is 5.94. The average molecular weight is 456 g/mol.